The fourth-order valence-corrected chi connectivity index (χ4v) is 3.21. The zero-order chi connectivity index (χ0) is 18.3. The molecule has 0 atom stereocenters. The van der Waals surface area contributed by atoms with Crippen LogP contribution in [0.25, 0.3) is 0 Å². The van der Waals surface area contributed by atoms with Gasteiger partial charge in [-0.3, -0.25) is 0 Å². The van der Waals surface area contributed by atoms with Crippen molar-refractivity contribution in [2.75, 3.05) is 0 Å². The Balaban J connectivity index is 1.64. The number of nitrogens with zero attached hydrogens (tertiary/aromatic N) is 2. The Morgan fingerprint density at radius 3 is 1.22 bits per heavy atom. The molecule has 0 radical (unpaired) electrons. The molecule has 0 aliphatic rings. The van der Waals surface area contributed by atoms with Crippen LogP contribution >= 0.6 is 0 Å². The highest BCUT2D eigenvalue weighted by Crippen LogP contribution is 2.32. The van der Waals surface area contributed by atoms with Crippen LogP contribution in [-0.4, -0.2) is 0 Å². The van der Waals surface area contributed by atoms with Crippen LogP contribution in [0, 0.1) is 0 Å². The second-order valence-electron chi connectivity index (χ2n) is 6.38. The maximum Gasteiger partial charge on any atom is 0.0857 e. The van der Waals surface area contributed by atoms with Gasteiger partial charge in [0.15, 0.2) is 0 Å². The van der Waals surface area contributed by atoms with E-state index in [1.807, 2.05) is 42.5 Å². The van der Waals surface area contributed by atoms with Crippen molar-refractivity contribution in [1.82, 2.24) is 0 Å². The quantitative estimate of drug-likeness (QED) is 0.267. The van der Waals surface area contributed by atoms with Crippen molar-refractivity contribution in [2.45, 2.75) is 5.92 Å². The SMILES string of the molecule is c1ccc(N=Nc2ccc(C(c3ccccc3)c3ccccc3)cc2)cc1. The normalized spacial score (nSPS) is 11.1. The molecule has 0 fully saturated rings. The summed E-state index contributed by atoms with van der Waals surface area (Å²) in [6, 6.07) is 39.3. The molecule has 0 saturated heterocycles. The molecule has 4 aromatic carbocycles. The van der Waals surface area contributed by atoms with Gasteiger partial charge in [0, 0.05) is 5.92 Å². The lowest BCUT2D eigenvalue weighted by Gasteiger charge is -2.19. The zero-order valence-electron chi connectivity index (χ0n) is 14.9. The molecule has 0 aliphatic heterocycles. The fourth-order valence-electron chi connectivity index (χ4n) is 3.21. The molecule has 27 heavy (non-hydrogen) atoms. The second kappa shape index (κ2) is 8.24. The van der Waals surface area contributed by atoms with Gasteiger partial charge in [-0.1, -0.05) is 91.0 Å². The molecular formula is C25H20N2. The van der Waals surface area contributed by atoms with Crippen molar-refractivity contribution in [3.05, 3.63) is 132 Å². The van der Waals surface area contributed by atoms with Gasteiger partial charge in [-0.25, -0.2) is 0 Å². The van der Waals surface area contributed by atoms with Crippen molar-refractivity contribution in [2.24, 2.45) is 10.2 Å². The van der Waals surface area contributed by atoms with Crippen LogP contribution in [0.5, 0.6) is 0 Å². The van der Waals surface area contributed by atoms with E-state index < -0.39 is 0 Å². The van der Waals surface area contributed by atoms with Crippen molar-refractivity contribution >= 4 is 11.4 Å². The van der Waals surface area contributed by atoms with Gasteiger partial charge in [-0.15, -0.1) is 0 Å². The molecule has 2 heteroatoms. The Morgan fingerprint density at radius 1 is 0.370 bits per heavy atom. The van der Waals surface area contributed by atoms with Gasteiger partial charge < -0.3 is 0 Å². The Morgan fingerprint density at radius 2 is 0.741 bits per heavy atom. The molecule has 0 spiro atoms. The highest BCUT2D eigenvalue weighted by molar-refractivity contribution is 5.47. The summed E-state index contributed by atoms with van der Waals surface area (Å²) in [4.78, 5) is 0. The zero-order valence-corrected chi connectivity index (χ0v) is 14.9. The summed E-state index contributed by atoms with van der Waals surface area (Å²) < 4.78 is 0. The lowest BCUT2D eigenvalue weighted by atomic mass is 9.85. The van der Waals surface area contributed by atoms with Crippen LogP contribution in [0.2, 0.25) is 0 Å². The van der Waals surface area contributed by atoms with Gasteiger partial charge in [-0.05, 0) is 41.0 Å². The molecule has 0 saturated carbocycles. The van der Waals surface area contributed by atoms with E-state index in [4.69, 9.17) is 0 Å². The molecule has 130 valence electrons. The lowest BCUT2D eigenvalue weighted by molar-refractivity contribution is 0.977. The monoisotopic (exact) mass is 348 g/mol. The summed E-state index contributed by atoms with van der Waals surface area (Å²) in [5.41, 5.74) is 5.51. The van der Waals surface area contributed by atoms with Crippen molar-refractivity contribution in [3.8, 4) is 0 Å². The van der Waals surface area contributed by atoms with Crippen LogP contribution in [0.1, 0.15) is 22.6 Å². The molecule has 0 unspecified atom stereocenters. The molecule has 0 heterocycles. The van der Waals surface area contributed by atoms with Crippen molar-refractivity contribution < 1.29 is 0 Å². The van der Waals surface area contributed by atoms with Gasteiger partial charge in [0.2, 0.25) is 0 Å². The van der Waals surface area contributed by atoms with E-state index in [2.05, 4.69) is 83.0 Å². The number of benzene rings is 4. The number of hydrogen-bond acceptors (Lipinski definition) is 2. The van der Waals surface area contributed by atoms with Crippen LogP contribution in [0.3, 0.4) is 0 Å². The Labute approximate surface area is 159 Å². The highest BCUT2D eigenvalue weighted by atomic mass is 15.1. The topological polar surface area (TPSA) is 24.7 Å². The summed E-state index contributed by atoms with van der Waals surface area (Å²) in [6.07, 6.45) is 0. The lowest BCUT2D eigenvalue weighted by Crippen LogP contribution is -2.02. The van der Waals surface area contributed by atoms with Crippen LogP contribution in [-0.2, 0) is 0 Å². The van der Waals surface area contributed by atoms with Gasteiger partial charge in [0.1, 0.15) is 0 Å². The first-order chi connectivity index (χ1) is 13.4. The molecule has 0 bridgehead atoms. The van der Waals surface area contributed by atoms with E-state index in [1.165, 1.54) is 16.7 Å². The van der Waals surface area contributed by atoms with Crippen molar-refractivity contribution in [1.29, 1.82) is 0 Å². The minimum absolute atomic E-state index is 0.201. The summed E-state index contributed by atoms with van der Waals surface area (Å²) in [5, 5.41) is 8.64. The molecule has 0 aliphatic carbocycles. The molecular weight excluding hydrogens is 328 g/mol. The maximum absolute atomic E-state index is 4.35. The van der Waals surface area contributed by atoms with E-state index in [-0.39, 0.29) is 5.92 Å². The van der Waals surface area contributed by atoms with E-state index in [9.17, 15) is 0 Å². The Hall–Kier alpha value is -3.52. The van der Waals surface area contributed by atoms with Gasteiger partial charge in [0.25, 0.3) is 0 Å². The molecule has 0 amide bonds. The largest absolute Gasteiger partial charge is 0.151 e. The highest BCUT2D eigenvalue weighted by Gasteiger charge is 2.16. The van der Waals surface area contributed by atoms with Crippen LogP contribution in [0.15, 0.2) is 125 Å². The molecule has 0 N–H and O–H groups in total. The van der Waals surface area contributed by atoms with Crippen molar-refractivity contribution in [3.63, 3.8) is 0 Å². The average Bonchev–Trinajstić information content (AvgIpc) is 2.76. The summed E-state index contributed by atoms with van der Waals surface area (Å²) in [6.45, 7) is 0. The number of azo groups is 1. The summed E-state index contributed by atoms with van der Waals surface area (Å²) in [5.74, 6) is 0.201. The third-order valence-electron chi connectivity index (χ3n) is 4.53. The maximum atomic E-state index is 4.35. The van der Waals surface area contributed by atoms with Gasteiger partial charge in [0.05, 0.1) is 11.4 Å². The molecule has 4 rings (SSSR count). The first-order valence-electron chi connectivity index (χ1n) is 9.07. The van der Waals surface area contributed by atoms with E-state index >= 15 is 0 Å². The molecule has 0 aromatic heterocycles. The van der Waals surface area contributed by atoms with E-state index in [0.29, 0.717) is 0 Å². The fraction of sp³-hybridized carbons (Fsp3) is 0.0400. The predicted octanol–water partition coefficient (Wildman–Crippen LogP) is 7.28. The van der Waals surface area contributed by atoms with Gasteiger partial charge in [-0.2, -0.15) is 10.2 Å². The minimum Gasteiger partial charge on any atom is -0.151 e. The third-order valence-corrected chi connectivity index (χ3v) is 4.53. The minimum atomic E-state index is 0.201. The number of hydrogen-bond donors (Lipinski definition) is 0. The summed E-state index contributed by atoms with van der Waals surface area (Å²) >= 11 is 0. The first kappa shape index (κ1) is 16.9. The Kier molecular flexibility index (Phi) is 5.16. The van der Waals surface area contributed by atoms with Crippen LogP contribution in [0.4, 0.5) is 11.4 Å². The smallest absolute Gasteiger partial charge is 0.0857 e. The predicted molar refractivity (Wildman–Crippen MR) is 111 cm³/mol. The standard InChI is InChI=1S/C25H20N2/c1-4-10-20(11-5-1)25(21-12-6-2-7-13-21)22-16-18-24(19-17-22)27-26-23-14-8-3-9-15-23/h1-19,25H. The third kappa shape index (κ3) is 4.18. The van der Waals surface area contributed by atoms with E-state index in [1.54, 1.807) is 0 Å². The average molecular weight is 348 g/mol. The first-order valence-corrected chi connectivity index (χ1v) is 9.07. The Bertz CT molecular complexity index is 953. The molecule has 2 nitrogen and oxygen atoms in total. The number of rotatable bonds is 5. The van der Waals surface area contributed by atoms with E-state index in [0.717, 1.165) is 11.4 Å². The molecule has 4 aromatic rings. The summed E-state index contributed by atoms with van der Waals surface area (Å²) in [7, 11) is 0. The van der Waals surface area contributed by atoms with Gasteiger partial charge >= 0.3 is 0 Å². The van der Waals surface area contributed by atoms with Crippen LogP contribution < -0.4 is 0 Å². The second-order valence-corrected chi connectivity index (χ2v) is 6.38.